The van der Waals surface area contributed by atoms with Gasteiger partial charge < -0.3 is 10.2 Å². The molecule has 3 aromatic carbocycles. The quantitative estimate of drug-likeness (QED) is 0.243. The van der Waals surface area contributed by atoms with E-state index in [0.717, 1.165) is 23.3 Å². The van der Waals surface area contributed by atoms with E-state index in [9.17, 15) is 31.2 Å². The van der Waals surface area contributed by atoms with Crippen molar-refractivity contribution in [3.8, 4) is 0 Å². The molecule has 3 rings (SSSR count). The highest BCUT2D eigenvalue weighted by molar-refractivity contribution is 7.92. The highest BCUT2D eigenvalue weighted by atomic mass is 35.5. The van der Waals surface area contributed by atoms with Gasteiger partial charge in [-0.05, 0) is 68.1 Å². The van der Waals surface area contributed by atoms with Gasteiger partial charge in [-0.3, -0.25) is 13.9 Å². The zero-order valence-electron chi connectivity index (χ0n) is 24.4. The summed E-state index contributed by atoms with van der Waals surface area (Å²) in [6.07, 6.45) is -4.02. The van der Waals surface area contributed by atoms with Crippen molar-refractivity contribution in [3.05, 3.63) is 94.5 Å². The van der Waals surface area contributed by atoms with Gasteiger partial charge >= 0.3 is 6.18 Å². The largest absolute Gasteiger partial charge is 0.417 e. The number of benzene rings is 3. The van der Waals surface area contributed by atoms with Crippen molar-refractivity contribution < 1.29 is 31.2 Å². The predicted molar refractivity (Wildman–Crippen MR) is 161 cm³/mol. The number of amides is 2. The van der Waals surface area contributed by atoms with Crippen LogP contribution in [0.1, 0.15) is 50.3 Å². The number of hydrogen-bond donors (Lipinski definition) is 1. The molecular formula is C31H35ClF3N3O4S. The molecule has 0 fully saturated rings. The minimum atomic E-state index is -4.88. The summed E-state index contributed by atoms with van der Waals surface area (Å²) in [7, 11) is -4.54. The second-order valence-corrected chi connectivity index (χ2v) is 12.4. The average Bonchev–Trinajstić information content (AvgIpc) is 2.96. The zero-order chi connectivity index (χ0) is 31.9. The summed E-state index contributed by atoms with van der Waals surface area (Å²) in [4.78, 5) is 28.5. The zero-order valence-corrected chi connectivity index (χ0v) is 25.9. The van der Waals surface area contributed by atoms with E-state index in [1.54, 1.807) is 25.1 Å². The normalized spacial score (nSPS) is 13.2. The number of nitrogens with zero attached hydrogens (tertiary/aromatic N) is 2. The maximum absolute atomic E-state index is 14.1. The fourth-order valence-corrected chi connectivity index (χ4v) is 6.12. The van der Waals surface area contributed by atoms with Crippen LogP contribution in [-0.4, -0.2) is 43.8 Å². The minimum Gasteiger partial charge on any atom is -0.352 e. The van der Waals surface area contributed by atoms with Crippen molar-refractivity contribution in [1.29, 1.82) is 0 Å². The Bertz CT molecular complexity index is 1530. The minimum absolute atomic E-state index is 0.0222. The van der Waals surface area contributed by atoms with Gasteiger partial charge in [-0.2, -0.15) is 13.2 Å². The lowest BCUT2D eigenvalue weighted by molar-refractivity contribution is -0.140. The van der Waals surface area contributed by atoms with Gasteiger partial charge in [0.2, 0.25) is 11.8 Å². The Labute approximate surface area is 255 Å². The van der Waals surface area contributed by atoms with Crippen molar-refractivity contribution in [1.82, 2.24) is 10.2 Å². The third-order valence-corrected chi connectivity index (χ3v) is 9.26. The molecule has 0 aliphatic rings. The molecule has 0 saturated heterocycles. The molecule has 0 aliphatic carbocycles. The Morgan fingerprint density at radius 3 is 2.16 bits per heavy atom. The van der Waals surface area contributed by atoms with Crippen LogP contribution in [0.4, 0.5) is 18.9 Å². The third kappa shape index (κ3) is 8.29. The van der Waals surface area contributed by atoms with E-state index >= 15 is 0 Å². The van der Waals surface area contributed by atoms with Crippen LogP contribution in [-0.2, 0) is 32.3 Å². The number of halogens is 4. The van der Waals surface area contributed by atoms with Crippen LogP contribution in [0.3, 0.4) is 0 Å². The van der Waals surface area contributed by atoms with E-state index in [1.807, 2.05) is 32.9 Å². The second-order valence-electron chi connectivity index (χ2n) is 10.2. The van der Waals surface area contributed by atoms with E-state index in [4.69, 9.17) is 11.6 Å². The molecule has 0 heterocycles. The van der Waals surface area contributed by atoms with Crippen LogP contribution in [0.2, 0.25) is 5.02 Å². The molecule has 0 aromatic heterocycles. The molecule has 43 heavy (non-hydrogen) atoms. The molecular weight excluding hydrogens is 603 g/mol. The monoisotopic (exact) mass is 637 g/mol. The van der Waals surface area contributed by atoms with Crippen LogP contribution >= 0.6 is 11.6 Å². The SMILES string of the molecule is CC[C@@H](C)NC(=O)[C@@H](CC)N(Cc1ccccc1C)C(=O)CN(c1ccc(Cl)c(C(F)(F)F)c1)S(=O)(=O)c1ccccc1. The summed E-state index contributed by atoms with van der Waals surface area (Å²) >= 11 is 5.82. The fraction of sp³-hybridized carbons (Fsp3) is 0.355. The van der Waals surface area contributed by atoms with Gasteiger partial charge in [0.25, 0.3) is 10.0 Å². The molecule has 2 amide bonds. The predicted octanol–water partition coefficient (Wildman–Crippen LogP) is 6.58. The first kappa shape index (κ1) is 33.9. The maximum Gasteiger partial charge on any atom is 0.417 e. The van der Waals surface area contributed by atoms with Crippen molar-refractivity contribution in [2.24, 2.45) is 0 Å². The Hall–Kier alpha value is -3.57. The number of hydrogen-bond acceptors (Lipinski definition) is 4. The molecule has 7 nitrogen and oxygen atoms in total. The fourth-order valence-electron chi connectivity index (χ4n) is 4.47. The first-order valence-corrected chi connectivity index (χ1v) is 15.6. The average molecular weight is 638 g/mol. The van der Waals surface area contributed by atoms with Gasteiger partial charge in [0, 0.05) is 12.6 Å². The van der Waals surface area contributed by atoms with E-state index in [2.05, 4.69) is 5.32 Å². The molecule has 0 radical (unpaired) electrons. The molecule has 0 unspecified atom stereocenters. The number of alkyl halides is 3. The summed E-state index contributed by atoms with van der Waals surface area (Å²) in [5.74, 6) is -1.18. The van der Waals surface area contributed by atoms with E-state index in [1.165, 1.54) is 29.2 Å². The van der Waals surface area contributed by atoms with Crippen molar-refractivity contribution in [2.45, 2.75) is 70.2 Å². The first-order valence-electron chi connectivity index (χ1n) is 13.8. The number of rotatable bonds is 12. The molecule has 0 bridgehead atoms. The standard InChI is InChI=1S/C31H35ClF3N3O4S/c1-5-22(4)36-30(40)28(6-2)37(19-23-13-11-10-12-21(23)3)29(39)20-38(43(41,42)25-14-8-7-9-15-25)24-16-17-27(32)26(18-24)31(33,34)35/h7-18,22,28H,5-6,19-20H2,1-4H3,(H,36,40)/t22-,28-/m1/s1. The van der Waals surface area contributed by atoms with Crippen LogP contribution < -0.4 is 9.62 Å². The van der Waals surface area contributed by atoms with Gasteiger partial charge in [-0.15, -0.1) is 0 Å². The van der Waals surface area contributed by atoms with E-state index in [-0.39, 0.29) is 23.9 Å². The summed E-state index contributed by atoms with van der Waals surface area (Å²) in [6.45, 7) is 6.41. The van der Waals surface area contributed by atoms with Crippen LogP contribution in [0, 0.1) is 6.92 Å². The van der Waals surface area contributed by atoms with Crippen molar-refractivity contribution >= 4 is 39.1 Å². The lowest BCUT2D eigenvalue weighted by Gasteiger charge is -2.34. The van der Waals surface area contributed by atoms with E-state index in [0.29, 0.717) is 16.8 Å². The summed E-state index contributed by atoms with van der Waals surface area (Å²) in [5.41, 5.74) is -0.0712. The maximum atomic E-state index is 14.1. The highest BCUT2D eigenvalue weighted by Gasteiger charge is 2.37. The van der Waals surface area contributed by atoms with E-state index < -0.39 is 56.9 Å². The summed E-state index contributed by atoms with van der Waals surface area (Å²) in [5, 5.41) is 2.27. The molecule has 3 aromatic rings. The topological polar surface area (TPSA) is 86.8 Å². The lowest BCUT2D eigenvalue weighted by Crippen LogP contribution is -2.53. The molecule has 0 aliphatic heterocycles. The molecule has 12 heteroatoms. The van der Waals surface area contributed by atoms with Crippen LogP contribution in [0.25, 0.3) is 0 Å². The van der Waals surface area contributed by atoms with Gasteiger partial charge in [-0.1, -0.05) is 67.9 Å². The lowest BCUT2D eigenvalue weighted by atomic mass is 10.1. The number of aryl methyl sites for hydroxylation is 1. The highest BCUT2D eigenvalue weighted by Crippen LogP contribution is 2.38. The molecule has 232 valence electrons. The Balaban J connectivity index is 2.15. The van der Waals surface area contributed by atoms with Gasteiger partial charge in [-0.25, -0.2) is 8.42 Å². The van der Waals surface area contributed by atoms with Gasteiger partial charge in [0.15, 0.2) is 0 Å². The van der Waals surface area contributed by atoms with Crippen LogP contribution in [0.15, 0.2) is 77.7 Å². The molecule has 0 spiro atoms. The Morgan fingerprint density at radius 1 is 0.953 bits per heavy atom. The third-order valence-electron chi connectivity index (χ3n) is 7.14. The van der Waals surface area contributed by atoms with Crippen molar-refractivity contribution in [2.75, 3.05) is 10.8 Å². The number of carbonyl (C=O) groups excluding carboxylic acids is 2. The van der Waals surface area contributed by atoms with Gasteiger partial charge in [0.05, 0.1) is 21.2 Å². The molecule has 1 N–H and O–H groups in total. The van der Waals surface area contributed by atoms with Crippen molar-refractivity contribution in [3.63, 3.8) is 0 Å². The summed E-state index contributed by atoms with van der Waals surface area (Å²) in [6, 6.07) is 15.8. The number of sulfonamides is 1. The smallest absolute Gasteiger partial charge is 0.352 e. The number of anilines is 1. The second kappa shape index (κ2) is 14.3. The Kier molecular flexibility index (Phi) is 11.3. The summed E-state index contributed by atoms with van der Waals surface area (Å²) < 4.78 is 69.7. The molecule has 2 atom stereocenters. The molecule has 0 saturated carbocycles. The van der Waals surface area contributed by atoms with Gasteiger partial charge in [0.1, 0.15) is 12.6 Å². The number of nitrogens with one attached hydrogen (secondary N) is 1. The Morgan fingerprint density at radius 2 is 1.58 bits per heavy atom. The van der Waals surface area contributed by atoms with Crippen LogP contribution in [0.5, 0.6) is 0 Å². The number of carbonyl (C=O) groups is 2. The first-order chi connectivity index (χ1) is 20.2.